The molecule has 0 saturated heterocycles. The molecule has 0 heterocycles. The van der Waals surface area contributed by atoms with Crippen LogP contribution in [0, 0.1) is 6.92 Å². The van der Waals surface area contributed by atoms with Crippen LogP contribution in [0.25, 0.3) is 0 Å². The van der Waals surface area contributed by atoms with Gasteiger partial charge in [0.25, 0.3) is 10.1 Å². The van der Waals surface area contributed by atoms with Crippen LogP contribution in [-0.4, -0.2) is 31.8 Å². The quantitative estimate of drug-likeness (QED) is 0.778. The molecule has 1 aromatic rings. The summed E-state index contributed by atoms with van der Waals surface area (Å²) < 4.78 is 36.2. The first-order chi connectivity index (χ1) is 7.38. The Morgan fingerprint density at radius 1 is 1.38 bits per heavy atom. The fourth-order valence-corrected chi connectivity index (χ4v) is 2.31. The topological polar surface area (TPSA) is 83.8 Å². The van der Waals surface area contributed by atoms with Gasteiger partial charge in [-0.2, -0.15) is 8.42 Å². The molecule has 5 nitrogen and oxygen atoms in total. The molecule has 0 aliphatic rings. The molecule has 0 spiro atoms. The summed E-state index contributed by atoms with van der Waals surface area (Å²) in [5.74, 6) is -0.406. The van der Waals surface area contributed by atoms with Gasteiger partial charge in [0.15, 0.2) is 0 Å². The van der Waals surface area contributed by atoms with E-state index >= 15 is 0 Å². The van der Waals surface area contributed by atoms with Gasteiger partial charge in [0.1, 0.15) is 10.6 Å². The first-order valence-corrected chi connectivity index (χ1v) is 6.09. The van der Waals surface area contributed by atoms with E-state index in [0.717, 1.165) is 0 Å². The lowest BCUT2D eigenvalue weighted by Crippen LogP contribution is -2.06. The molecule has 0 fully saturated rings. The molecule has 1 rings (SSSR count). The second kappa shape index (κ2) is 4.82. The Labute approximate surface area is 94.4 Å². The molecule has 16 heavy (non-hydrogen) atoms. The molecule has 0 unspecified atom stereocenters. The summed E-state index contributed by atoms with van der Waals surface area (Å²) in [6.07, 6.45) is 0.305. The van der Waals surface area contributed by atoms with Gasteiger partial charge in [0, 0.05) is 7.11 Å². The molecule has 0 amide bonds. The van der Waals surface area contributed by atoms with Gasteiger partial charge in [-0.15, -0.1) is 0 Å². The Balaban J connectivity index is 3.34. The minimum absolute atomic E-state index is 0.305. The van der Waals surface area contributed by atoms with E-state index in [1.807, 2.05) is 0 Å². The fourth-order valence-electron chi connectivity index (χ4n) is 1.41. The molecule has 0 bridgehead atoms. The zero-order valence-corrected chi connectivity index (χ0v) is 9.91. The normalized spacial score (nSPS) is 11.7. The minimum Gasteiger partial charge on any atom is -0.506 e. The number of phenols is 1. The molecular weight excluding hydrogens is 232 g/mol. The molecule has 6 heteroatoms. The third-order valence-electron chi connectivity index (χ3n) is 2.25. The van der Waals surface area contributed by atoms with Crippen molar-refractivity contribution in [1.29, 1.82) is 0 Å². The zero-order valence-electron chi connectivity index (χ0n) is 9.10. The highest BCUT2D eigenvalue weighted by molar-refractivity contribution is 7.86. The summed E-state index contributed by atoms with van der Waals surface area (Å²) in [4.78, 5) is -0.426. The first kappa shape index (κ1) is 13.0. The van der Waals surface area contributed by atoms with E-state index in [9.17, 15) is 13.5 Å². The van der Waals surface area contributed by atoms with Gasteiger partial charge < -0.3 is 9.84 Å². The smallest absolute Gasteiger partial charge is 0.298 e. The SMILES string of the molecule is COCCc1ccc(C)c(O)c1S(=O)(=O)O. The van der Waals surface area contributed by atoms with Gasteiger partial charge in [-0.1, -0.05) is 12.1 Å². The third kappa shape index (κ3) is 2.72. The Morgan fingerprint density at radius 2 is 2.00 bits per heavy atom. The van der Waals surface area contributed by atoms with Gasteiger partial charge in [0.2, 0.25) is 0 Å². The maximum atomic E-state index is 11.1. The standard InChI is InChI=1S/C10H14O5S/c1-7-3-4-8(5-6-15-2)10(9(7)11)16(12,13)14/h3-4,11H,5-6H2,1-2H3,(H,12,13,14). The average molecular weight is 246 g/mol. The Bertz CT molecular complexity index is 478. The van der Waals surface area contributed by atoms with E-state index in [2.05, 4.69) is 0 Å². The lowest BCUT2D eigenvalue weighted by molar-refractivity contribution is 0.201. The predicted molar refractivity (Wildman–Crippen MR) is 58.2 cm³/mol. The number of rotatable bonds is 4. The second-order valence-electron chi connectivity index (χ2n) is 3.44. The van der Waals surface area contributed by atoms with Crippen molar-refractivity contribution in [3.8, 4) is 5.75 Å². The van der Waals surface area contributed by atoms with Crippen LogP contribution in [0.4, 0.5) is 0 Å². The predicted octanol–water partition coefficient (Wildman–Crippen LogP) is 1.14. The summed E-state index contributed by atoms with van der Waals surface area (Å²) >= 11 is 0. The summed E-state index contributed by atoms with van der Waals surface area (Å²) in [6, 6.07) is 3.15. The Hall–Kier alpha value is -1.11. The summed E-state index contributed by atoms with van der Waals surface area (Å²) in [6.45, 7) is 1.87. The number of hydrogen-bond donors (Lipinski definition) is 2. The maximum Gasteiger partial charge on any atom is 0.298 e. The van der Waals surface area contributed by atoms with Crippen molar-refractivity contribution in [2.24, 2.45) is 0 Å². The first-order valence-electron chi connectivity index (χ1n) is 4.65. The largest absolute Gasteiger partial charge is 0.506 e. The van der Waals surface area contributed by atoms with E-state index in [1.165, 1.54) is 7.11 Å². The number of phenolic OH excluding ortho intramolecular Hbond substituents is 1. The number of benzene rings is 1. The second-order valence-corrected chi connectivity index (χ2v) is 4.80. The van der Waals surface area contributed by atoms with E-state index in [4.69, 9.17) is 9.29 Å². The lowest BCUT2D eigenvalue weighted by atomic mass is 10.1. The number of methoxy groups -OCH3 is 1. The van der Waals surface area contributed by atoms with Crippen molar-refractivity contribution >= 4 is 10.1 Å². The van der Waals surface area contributed by atoms with Crippen molar-refractivity contribution in [2.75, 3.05) is 13.7 Å². The highest BCUT2D eigenvalue weighted by atomic mass is 32.2. The molecule has 0 aliphatic carbocycles. The van der Waals surface area contributed by atoms with Crippen LogP contribution < -0.4 is 0 Å². The molecule has 1 aromatic carbocycles. The molecule has 0 aliphatic heterocycles. The molecule has 0 atom stereocenters. The number of aromatic hydroxyl groups is 1. The van der Waals surface area contributed by atoms with E-state index < -0.39 is 20.8 Å². The maximum absolute atomic E-state index is 11.1. The average Bonchev–Trinajstić information content (AvgIpc) is 2.17. The molecule has 0 aromatic heterocycles. The van der Waals surface area contributed by atoms with Gasteiger partial charge in [-0.25, -0.2) is 0 Å². The molecule has 90 valence electrons. The van der Waals surface area contributed by atoms with Crippen molar-refractivity contribution in [2.45, 2.75) is 18.2 Å². The highest BCUT2D eigenvalue weighted by Crippen LogP contribution is 2.30. The third-order valence-corrected chi connectivity index (χ3v) is 3.22. The molecule has 2 N–H and O–H groups in total. The van der Waals surface area contributed by atoms with Gasteiger partial charge in [0.05, 0.1) is 6.61 Å². The summed E-state index contributed by atoms with van der Waals surface area (Å²) in [5, 5.41) is 9.63. The molecule has 0 saturated carbocycles. The minimum atomic E-state index is -4.42. The lowest BCUT2D eigenvalue weighted by Gasteiger charge is -2.10. The number of hydrogen-bond acceptors (Lipinski definition) is 4. The summed E-state index contributed by atoms with van der Waals surface area (Å²) in [5.41, 5.74) is 0.737. The van der Waals surface area contributed by atoms with Crippen LogP contribution in [0.3, 0.4) is 0 Å². The van der Waals surface area contributed by atoms with Crippen LogP contribution in [0.5, 0.6) is 5.75 Å². The fraction of sp³-hybridized carbons (Fsp3) is 0.400. The molecular formula is C10H14O5S. The monoisotopic (exact) mass is 246 g/mol. The van der Waals surface area contributed by atoms with Crippen molar-refractivity contribution in [3.63, 3.8) is 0 Å². The zero-order chi connectivity index (χ0) is 12.3. The summed E-state index contributed by atoms with van der Waals surface area (Å²) in [7, 11) is -2.94. The Morgan fingerprint density at radius 3 is 2.50 bits per heavy atom. The van der Waals surface area contributed by atoms with Gasteiger partial charge in [-0.3, -0.25) is 4.55 Å². The van der Waals surface area contributed by atoms with Crippen LogP contribution in [0.15, 0.2) is 17.0 Å². The van der Waals surface area contributed by atoms with Gasteiger partial charge >= 0.3 is 0 Å². The van der Waals surface area contributed by atoms with E-state index in [0.29, 0.717) is 24.2 Å². The van der Waals surface area contributed by atoms with Crippen molar-refractivity contribution in [1.82, 2.24) is 0 Å². The van der Waals surface area contributed by atoms with Crippen LogP contribution in [0.2, 0.25) is 0 Å². The molecule has 0 radical (unpaired) electrons. The highest BCUT2D eigenvalue weighted by Gasteiger charge is 2.21. The van der Waals surface area contributed by atoms with Crippen LogP contribution in [-0.2, 0) is 21.3 Å². The Kier molecular flexibility index (Phi) is 3.90. The van der Waals surface area contributed by atoms with Crippen LogP contribution in [0.1, 0.15) is 11.1 Å². The van der Waals surface area contributed by atoms with Crippen molar-refractivity contribution < 1.29 is 22.8 Å². The van der Waals surface area contributed by atoms with E-state index in [1.54, 1.807) is 19.1 Å². The number of ether oxygens (including phenoxy) is 1. The van der Waals surface area contributed by atoms with E-state index in [-0.39, 0.29) is 0 Å². The van der Waals surface area contributed by atoms with Crippen LogP contribution >= 0.6 is 0 Å². The van der Waals surface area contributed by atoms with Gasteiger partial charge in [-0.05, 0) is 24.5 Å². The number of aryl methyl sites for hydroxylation is 1. The van der Waals surface area contributed by atoms with Crippen molar-refractivity contribution in [3.05, 3.63) is 23.3 Å².